The van der Waals surface area contributed by atoms with Crippen LogP contribution in [0.5, 0.6) is 5.75 Å². The summed E-state index contributed by atoms with van der Waals surface area (Å²) in [6, 6.07) is 13.0. The number of sulfonamides is 1. The van der Waals surface area contributed by atoms with E-state index in [4.69, 9.17) is 9.15 Å². The van der Waals surface area contributed by atoms with Crippen molar-refractivity contribution in [2.45, 2.75) is 11.8 Å². The molecule has 1 fully saturated rings. The quantitative estimate of drug-likeness (QED) is 0.475. The van der Waals surface area contributed by atoms with Crippen molar-refractivity contribution in [1.82, 2.24) is 9.21 Å². The van der Waals surface area contributed by atoms with E-state index < -0.39 is 10.0 Å². The fraction of sp³-hybridized carbons (Fsp3) is 0.273. The zero-order valence-electron chi connectivity index (χ0n) is 17.7. The van der Waals surface area contributed by atoms with Gasteiger partial charge in [0.15, 0.2) is 5.76 Å². The number of methoxy groups -OCH3 is 1. The van der Waals surface area contributed by atoms with Gasteiger partial charge in [-0.2, -0.15) is 4.31 Å². The highest BCUT2D eigenvalue weighted by Crippen LogP contribution is 2.22. The van der Waals surface area contributed by atoms with Crippen molar-refractivity contribution < 1.29 is 27.6 Å². The third-order valence-electron chi connectivity index (χ3n) is 5.44. The number of fused-ring (bicyclic) bond motifs is 1. The first-order valence-corrected chi connectivity index (χ1v) is 11.4. The van der Waals surface area contributed by atoms with E-state index in [-0.39, 0.29) is 48.1 Å². The number of carbonyl (C=O) groups is 1. The summed E-state index contributed by atoms with van der Waals surface area (Å²) in [5, 5.41) is 13.5. The normalized spacial score (nSPS) is 15.8. The second kappa shape index (κ2) is 8.64. The lowest BCUT2D eigenvalue weighted by Crippen LogP contribution is -2.50. The number of hydrogen-bond donors (Lipinski definition) is 1. The summed E-state index contributed by atoms with van der Waals surface area (Å²) < 4.78 is 38.0. The molecule has 1 saturated heterocycles. The molecule has 1 aliphatic rings. The SMILES string of the molecule is COc1ccc(S(=O)(=O)N2CCN(C(=O)c3c/c(=N/O)c4ccc(C)cc4o3)CC2)cc1. The van der Waals surface area contributed by atoms with Crippen LogP contribution in [0.4, 0.5) is 0 Å². The highest BCUT2D eigenvalue weighted by molar-refractivity contribution is 7.89. The predicted octanol–water partition coefficient (Wildman–Crippen LogP) is 2.19. The van der Waals surface area contributed by atoms with Gasteiger partial charge < -0.3 is 19.3 Å². The van der Waals surface area contributed by atoms with Gasteiger partial charge in [-0.3, -0.25) is 4.79 Å². The first-order chi connectivity index (χ1) is 15.3. The minimum atomic E-state index is -3.68. The summed E-state index contributed by atoms with van der Waals surface area (Å²) in [6.07, 6.45) is 0. The first-order valence-electron chi connectivity index (χ1n) is 9.99. The van der Waals surface area contributed by atoms with Crippen LogP contribution in [-0.2, 0) is 10.0 Å². The van der Waals surface area contributed by atoms with Gasteiger partial charge in [-0.25, -0.2) is 8.42 Å². The molecule has 4 rings (SSSR count). The molecular formula is C22H23N3O6S. The Kier molecular flexibility index (Phi) is 5.90. The smallest absolute Gasteiger partial charge is 0.289 e. The van der Waals surface area contributed by atoms with Crippen molar-refractivity contribution in [3.63, 3.8) is 0 Å². The van der Waals surface area contributed by atoms with E-state index in [0.717, 1.165) is 5.56 Å². The Morgan fingerprint density at radius 1 is 1.06 bits per heavy atom. The molecule has 1 aromatic heterocycles. The maximum atomic E-state index is 13.0. The number of carbonyl (C=O) groups excluding carboxylic acids is 1. The standard InChI is InChI=1S/C22H23N3O6S/c1-15-3-8-18-19(23-27)14-21(31-20(18)13-15)22(26)24-9-11-25(12-10-24)32(28,29)17-6-4-16(30-2)5-7-17/h3-8,13-14,27H,9-12H2,1-2H3/b23-19-. The summed E-state index contributed by atoms with van der Waals surface area (Å²) >= 11 is 0. The number of rotatable bonds is 4. The molecule has 168 valence electrons. The predicted molar refractivity (Wildman–Crippen MR) is 116 cm³/mol. The molecule has 32 heavy (non-hydrogen) atoms. The molecule has 0 spiro atoms. The van der Waals surface area contributed by atoms with Gasteiger partial charge in [-0.05, 0) is 48.9 Å². The monoisotopic (exact) mass is 457 g/mol. The summed E-state index contributed by atoms with van der Waals surface area (Å²) in [5.74, 6) is 0.213. The van der Waals surface area contributed by atoms with Gasteiger partial charge in [0, 0.05) is 37.6 Å². The van der Waals surface area contributed by atoms with Crippen molar-refractivity contribution in [3.05, 3.63) is 65.2 Å². The van der Waals surface area contributed by atoms with Gasteiger partial charge in [0.1, 0.15) is 16.7 Å². The summed E-state index contributed by atoms with van der Waals surface area (Å²) in [7, 11) is -2.16. The van der Waals surface area contributed by atoms with Crippen LogP contribution in [-0.4, -0.2) is 62.0 Å². The third-order valence-corrected chi connectivity index (χ3v) is 7.36. The molecule has 2 heterocycles. The molecule has 1 aliphatic heterocycles. The minimum absolute atomic E-state index is 0.0300. The zero-order chi connectivity index (χ0) is 22.9. The van der Waals surface area contributed by atoms with E-state index in [0.29, 0.717) is 16.7 Å². The molecule has 0 bridgehead atoms. The molecular weight excluding hydrogens is 434 g/mol. The van der Waals surface area contributed by atoms with Crippen molar-refractivity contribution in [2.75, 3.05) is 33.3 Å². The maximum Gasteiger partial charge on any atom is 0.289 e. The molecule has 0 atom stereocenters. The molecule has 10 heteroatoms. The van der Waals surface area contributed by atoms with Crippen molar-refractivity contribution in [2.24, 2.45) is 5.16 Å². The number of piperazine rings is 1. The Morgan fingerprint density at radius 3 is 2.38 bits per heavy atom. The number of benzene rings is 2. The van der Waals surface area contributed by atoms with E-state index in [1.54, 1.807) is 24.3 Å². The average Bonchev–Trinajstić information content (AvgIpc) is 2.82. The molecule has 0 radical (unpaired) electrons. The van der Waals surface area contributed by atoms with Crippen molar-refractivity contribution >= 4 is 26.9 Å². The average molecular weight is 458 g/mol. The van der Waals surface area contributed by atoms with Gasteiger partial charge in [-0.1, -0.05) is 11.2 Å². The fourth-order valence-electron chi connectivity index (χ4n) is 3.65. The molecule has 1 amide bonds. The van der Waals surface area contributed by atoms with Gasteiger partial charge in [0.25, 0.3) is 5.91 Å². The highest BCUT2D eigenvalue weighted by Gasteiger charge is 2.31. The van der Waals surface area contributed by atoms with Crippen LogP contribution in [0.25, 0.3) is 11.0 Å². The topological polar surface area (TPSA) is 113 Å². The number of nitrogens with zero attached hydrogens (tertiary/aromatic N) is 3. The molecule has 9 nitrogen and oxygen atoms in total. The number of aryl methyl sites for hydroxylation is 1. The second-order valence-electron chi connectivity index (χ2n) is 7.47. The second-order valence-corrected chi connectivity index (χ2v) is 9.41. The number of amides is 1. The van der Waals surface area contributed by atoms with E-state index >= 15 is 0 Å². The maximum absolute atomic E-state index is 13.0. The Balaban J connectivity index is 1.52. The largest absolute Gasteiger partial charge is 0.497 e. The van der Waals surface area contributed by atoms with E-state index in [1.807, 2.05) is 13.0 Å². The third kappa shape index (κ3) is 4.06. The van der Waals surface area contributed by atoms with E-state index in [2.05, 4.69) is 5.16 Å². The van der Waals surface area contributed by atoms with E-state index in [9.17, 15) is 18.4 Å². The van der Waals surface area contributed by atoms with Crippen LogP contribution in [0.3, 0.4) is 0 Å². The van der Waals surface area contributed by atoms with Gasteiger partial charge >= 0.3 is 0 Å². The molecule has 3 aromatic rings. The lowest BCUT2D eigenvalue weighted by atomic mass is 10.1. The van der Waals surface area contributed by atoms with Crippen molar-refractivity contribution in [3.8, 4) is 5.75 Å². The Bertz CT molecular complexity index is 1320. The molecule has 0 saturated carbocycles. The molecule has 0 unspecified atom stereocenters. The first kappa shape index (κ1) is 21.8. The Morgan fingerprint density at radius 2 is 1.75 bits per heavy atom. The van der Waals surface area contributed by atoms with Gasteiger partial charge in [0.2, 0.25) is 10.0 Å². The Hall–Kier alpha value is -3.37. The minimum Gasteiger partial charge on any atom is -0.497 e. The summed E-state index contributed by atoms with van der Waals surface area (Å²) in [4.78, 5) is 14.7. The van der Waals surface area contributed by atoms with E-state index in [1.165, 1.54) is 34.5 Å². The van der Waals surface area contributed by atoms with Crippen LogP contribution in [0.15, 0.2) is 63.0 Å². The molecule has 2 aromatic carbocycles. The molecule has 0 aliphatic carbocycles. The number of ether oxygens (including phenoxy) is 1. The Labute approximate surface area is 185 Å². The van der Waals surface area contributed by atoms with Crippen LogP contribution in [0.2, 0.25) is 0 Å². The highest BCUT2D eigenvalue weighted by atomic mass is 32.2. The van der Waals surface area contributed by atoms with Crippen molar-refractivity contribution in [1.29, 1.82) is 0 Å². The molecule has 1 N–H and O–H groups in total. The van der Waals surface area contributed by atoms with Gasteiger partial charge in [-0.15, -0.1) is 0 Å². The van der Waals surface area contributed by atoms with Crippen LogP contribution in [0, 0.1) is 6.92 Å². The zero-order valence-corrected chi connectivity index (χ0v) is 18.5. The van der Waals surface area contributed by atoms with Crippen LogP contribution < -0.4 is 10.1 Å². The summed E-state index contributed by atoms with van der Waals surface area (Å²) in [5.41, 5.74) is 1.37. The summed E-state index contributed by atoms with van der Waals surface area (Å²) in [6.45, 7) is 2.62. The lowest BCUT2D eigenvalue weighted by molar-refractivity contribution is 0.0666. The van der Waals surface area contributed by atoms with Gasteiger partial charge in [0.05, 0.1) is 12.0 Å². The number of hydrogen-bond acceptors (Lipinski definition) is 7. The lowest BCUT2D eigenvalue weighted by Gasteiger charge is -2.33. The fourth-order valence-corrected chi connectivity index (χ4v) is 5.07. The van der Waals surface area contributed by atoms with Crippen LogP contribution >= 0.6 is 0 Å². The van der Waals surface area contributed by atoms with Crippen LogP contribution in [0.1, 0.15) is 16.1 Å².